The first-order chi connectivity index (χ1) is 20.7. The van der Waals surface area contributed by atoms with Gasteiger partial charge in [-0.15, -0.1) is 0 Å². The van der Waals surface area contributed by atoms with E-state index in [1.807, 2.05) is 63.2 Å². The molecule has 2 aliphatic carbocycles. The van der Waals surface area contributed by atoms with E-state index < -0.39 is 39.7 Å². The summed E-state index contributed by atoms with van der Waals surface area (Å²) in [4.78, 5) is 31.6. The molecule has 1 aliphatic heterocycles. The van der Waals surface area contributed by atoms with Crippen molar-refractivity contribution in [3.63, 3.8) is 0 Å². The van der Waals surface area contributed by atoms with Gasteiger partial charge in [0.25, 0.3) is 0 Å². The number of hydrogen-bond donors (Lipinski definition) is 2. The first kappa shape index (κ1) is 29.4. The molecular weight excluding hydrogens is 566 g/mol. The second-order valence-electron chi connectivity index (χ2n) is 11.2. The Morgan fingerprint density at radius 3 is 2.42 bits per heavy atom. The number of aromatic nitrogens is 1. The number of amides is 1. The SMILES string of the molecule is CCOC1NC(c2ccc(CS(=O)(=O)NC(=O)C3(c4ccccc4)CC3)cc2C)C2=C1c1ncccc1C(OCC)C2=O. The van der Waals surface area contributed by atoms with E-state index in [0.717, 1.165) is 22.3 Å². The summed E-state index contributed by atoms with van der Waals surface area (Å²) in [6.45, 7) is 6.43. The Bertz CT molecular complexity index is 1720. The first-order valence-electron chi connectivity index (χ1n) is 14.6. The normalized spacial score (nSPS) is 22.2. The Hall–Kier alpha value is -3.70. The van der Waals surface area contributed by atoms with Crippen LogP contribution in [0.5, 0.6) is 0 Å². The molecule has 10 heteroatoms. The Morgan fingerprint density at radius 1 is 1.00 bits per heavy atom. The average molecular weight is 602 g/mol. The molecular formula is C33H35N3O6S. The number of benzene rings is 2. The van der Waals surface area contributed by atoms with Crippen molar-refractivity contribution in [3.8, 4) is 0 Å². The van der Waals surface area contributed by atoms with Gasteiger partial charge in [0.1, 0.15) is 12.3 Å². The third kappa shape index (κ3) is 5.33. The van der Waals surface area contributed by atoms with Gasteiger partial charge >= 0.3 is 0 Å². The van der Waals surface area contributed by atoms with Gasteiger partial charge in [0.05, 0.1) is 22.9 Å². The number of carbonyl (C=O) groups excluding carboxylic acids is 2. The average Bonchev–Trinajstić information content (AvgIpc) is 3.72. The summed E-state index contributed by atoms with van der Waals surface area (Å²) in [5.41, 5.74) is 4.87. The number of ketones is 1. The lowest BCUT2D eigenvalue weighted by molar-refractivity contribution is -0.127. The van der Waals surface area contributed by atoms with E-state index in [0.29, 0.717) is 48.5 Å². The van der Waals surface area contributed by atoms with Crippen molar-refractivity contribution in [2.45, 2.75) is 63.2 Å². The molecule has 0 saturated heterocycles. The number of nitrogens with zero attached hydrogens (tertiary/aromatic N) is 1. The summed E-state index contributed by atoms with van der Waals surface area (Å²) in [5.74, 6) is -0.975. The third-order valence-electron chi connectivity index (χ3n) is 8.47. The maximum Gasteiger partial charge on any atom is 0.244 e. The van der Waals surface area contributed by atoms with Crippen LogP contribution in [0.4, 0.5) is 0 Å². The van der Waals surface area contributed by atoms with E-state index in [4.69, 9.17) is 9.47 Å². The van der Waals surface area contributed by atoms with Gasteiger partial charge in [-0.25, -0.2) is 8.42 Å². The summed E-state index contributed by atoms with van der Waals surface area (Å²) >= 11 is 0. The number of rotatable bonds is 10. The van der Waals surface area contributed by atoms with Crippen molar-refractivity contribution in [3.05, 3.63) is 106 Å². The molecule has 1 fully saturated rings. The van der Waals surface area contributed by atoms with Crippen LogP contribution in [0.1, 0.15) is 72.3 Å². The topological polar surface area (TPSA) is 124 Å². The van der Waals surface area contributed by atoms with Crippen molar-refractivity contribution in [2.24, 2.45) is 0 Å². The van der Waals surface area contributed by atoms with Crippen molar-refractivity contribution >= 4 is 27.3 Å². The standard InChI is InChI=1S/C33H35N3O6S/c1-4-41-30-24-12-9-17-34-27(24)26-25(29(30)37)28(35-31(26)42-5-2)23-14-13-21(18-20(23)3)19-43(39,40)36-32(38)33(15-16-33)22-10-7-6-8-11-22/h6-14,17-18,28,30-31,35H,4-5,15-16,19H2,1-3H3,(H,36,38). The molecule has 0 bridgehead atoms. The van der Waals surface area contributed by atoms with E-state index in [2.05, 4.69) is 15.0 Å². The fourth-order valence-corrected chi connectivity index (χ4v) is 7.50. The van der Waals surface area contributed by atoms with Gasteiger partial charge in [-0.3, -0.25) is 24.6 Å². The van der Waals surface area contributed by atoms with Crippen molar-refractivity contribution in [1.82, 2.24) is 15.0 Å². The minimum absolute atomic E-state index is 0.141. The molecule has 1 amide bonds. The zero-order valence-corrected chi connectivity index (χ0v) is 25.2. The molecule has 2 N–H and O–H groups in total. The molecule has 9 nitrogen and oxygen atoms in total. The van der Waals surface area contributed by atoms with E-state index in [-0.39, 0.29) is 11.5 Å². The second kappa shape index (κ2) is 11.4. The Kier molecular flexibility index (Phi) is 7.80. The molecule has 2 aromatic carbocycles. The smallest absolute Gasteiger partial charge is 0.244 e. The summed E-state index contributed by atoms with van der Waals surface area (Å²) in [5, 5.41) is 3.47. The maximum absolute atomic E-state index is 13.9. The predicted molar refractivity (Wildman–Crippen MR) is 161 cm³/mol. The number of pyridine rings is 1. The van der Waals surface area contributed by atoms with Gasteiger partial charge < -0.3 is 9.47 Å². The fraction of sp³-hybridized carbons (Fsp3) is 0.364. The van der Waals surface area contributed by atoms with Crippen LogP contribution in [0.25, 0.3) is 5.57 Å². The lowest BCUT2D eigenvalue weighted by Gasteiger charge is -2.27. The number of carbonyl (C=O) groups is 2. The lowest BCUT2D eigenvalue weighted by atomic mass is 9.82. The molecule has 0 spiro atoms. The summed E-state index contributed by atoms with van der Waals surface area (Å²) in [6.07, 6.45) is 1.62. The minimum atomic E-state index is -3.95. The van der Waals surface area contributed by atoms with Gasteiger partial charge in [-0.05, 0) is 61.9 Å². The van der Waals surface area contributed by atoms with Crippen LogP contribution < -0.4 is 10.0 Å². The number of aryl methyl sites for hydroxylation is 1. The van der Waals surface area contributed by atoms with Crippen LogP contribution in [0, 0.1) is 6.92 Å². The van der Waals surface area contributed by atoms with Crippen LogP contribution in [0.3, 0.4) is 0 Å². The van der Waals surface area contributed by atoms with Gasteiger partial charge in [-0.1, -0.05) is 54.6 Å². The van der Waals surface area contributed by atoms with E-state index in [1.54, 1.807) is 24.4 Å². The molecule has 0 radical (unpaired) electrons. The summed E-state index contributed by atoms with van der Waals surface area (Å²) < 4.78 is 40.4. The van der Waals surface area contributed by atoms with Crippen LogP contribution in [0.15, 0.2) is 72.4 Å². The van der Waals surface area contributed by atoms with Crippen molar-refractivity contribution in [2.75, 3.05) is 13.2 Å². The monoisotopic (exact) mass is 601 g/mol. The third-order valence-corrected chi connectivity index (χ3v) is 9.68. The van der Waals surface area contributed by atoms with Crippen LogP contribution in [-0.4, -0.2) is 44.5 Å². The number of sulfonamides is 1. The van der Waals surface area contributed by atoms with Crippen LogP contribution >= 0.6 is 0 Å². The fourth-order valence-electron chi connectivity index (χ4n) is 6.33. The Labute approximate surface area is 251 Å². The second-order valence-corrected chi connectivity index (χ2v) is 13.0. The van der Waals surface area contributed by atoms with Gasteiger partial charge in [0.2, 0.25) is 15.9 Å². The number of ether oxygens (including phenoxy) is 2. The zero-order chi connectivity index (χ0) is 30.4. The Balaban J connectivity index is 1.27. The molecule has 3 unspecified atom stereocenters. The van der Waals surface area contributed by atoms with Crippen LogP contribution in [-0.2, 0) is 40.3 Å². The molecule has 43 heavy (non-hydrogen) atoms. The molecule has 3 atom stereocenters. The molecule has 3 aliphatic rings. The highest BCUT2D eigenvalue weighted by molar-refractivity contribution is 7.89. The molecule has 6 rings (SSSR count). The number of hydrogen-bond acceptors (Lipinski definition) is 8. The maximum atomic E-state index is 13.9. The van der Waals surface area contributed by atoms with Crippen LogP contribution in [0.2, 0.25) is 0 Å². The molecule has 1 aromatic heterocycles. The molecule has 2 heterocycles. The highest BCUT2D eigenvalue weighted by Crippen LogP contribution is 2.49. The van der Waals surface area contributed by atoms with E-state index in [1.165, 1.54) is 0 Å². The number of fused-ring (bicyclic) bond motifs is 2. The summed E-state index contributed by atoms with van der Waals surface area (Å²) in [6, 6.07) is 17.8. The van der Waals surface area contributed by atoms with Gasteiger partial charge in [0.15, 0.2) is 5.78 Å². The minimum Gasteiger partial charge on any atom is -0.366 e. The largest absolute Gasteiger partial charge is 0.366 e. The Morgan fingerprint density at radius 2 is 1.74 bits per heavy atom. The van der Waals surface area contributed by atoms with E-state index >= 15 is 0 Å². The molecule has 3 aromatic rings. The highest BCUT2D eigenvalue weighted by Gasteiger charge is 2.52. The lowest BCUT2D eigenvalue weighted by Crippen LogP contribution is -2.39. The zero-order valence-electron chi connectivity index (χ0n) is 24.4. The number of Topliss-reactive ketones (excluding diaryl/α,β-unsaturated/α-hetero) is 1. The van der Waals surface area contributed by atoms with Crippen molar-refractivity contribution < 1.29 is 27.5 Å². The number of nitrogens with one attached hydrogen (secondary N) is 2. The summed E-state index contributed by atoms with van der Waals surface area (Å²) in [7, 11) is -3.95. The van der Waals surface area contributed by atoms with Gasteiger partial charge in [-0.2, -0.15) is 0 Å². The first-order valence-corrected chi connectivity index (χ1v) is 16.3. The van der Waals surface area contributed by atoms with Crippen molar-refractivity contribution in [1.29, 1.82) is 0 Å². The quantitative estimate of drug-likeness (QED) is 0.355. The molecule has 1 saturated carbocycles. The van der Waals surface area contributed by atoms with E-state index in [9.17, 15) is 18.0 Å². The highest BCUT2D eigenvalue weighted by atomic mass is 32.2. The molecule has 224 valence electrons. The predicted octanol–water partition coefficient (Wildman–Crippen LogP) is 4.19. The van der Waals surface area contributed by atoms with Gasteiger partial charge in [0, 0.05) is 36.1 Å².